The van der Waals surface area contributed by atoms with Crippen molar-refractivity contribution in [2.45, 2.75) is 18.9 Å². The van der Waals surface area contributed by atoms with E-state index in [1.807, 2.05) is 0 Å². The van der Waals surface area contributed by atoms with Crippen LogP contribution in [0, 0.1) is 11.8 Å². The lowest BCUT2D eigenvalue weighted by Crippen LogP contribution is -2.40. The minimum absolute atomic E-state index is 0.117. The number of pyridine rings is 1. The van der Waals surface area contributed by atoms with Crippen LogP contribution in [0.25, 0.3) is 0 Å². The maximum Gasteiger partial charge on any atom is 0.272 e. The summed E-state index contributed by atoms with van der Waals surface area (Å²) in [7, 11) is 0. The lowest BCUT2D eigenvalue weighted by atomic mass is 10.1. The summed E-state index contributed by atoms with van der Waals surface area (Å²) in [6.07, 6.45) is 2.46. The second-order valence-corrected chi connectivity index (χ2v) is 4.42. The molecule has 1 aromatic rings. The van der Waals surface area contributed by atoms with E-state index in [4.69, 9.17) is 5.11 Å². The van der Waals surface area contributed by atoms with Crippen molar-refractivity contribution in [2.24, 2.45) is 0 Å². The second kappa shape index (κ2) is 6.32. The predicted octanol–water partition coefficient (Wildman–Crippen LogP) is 0.0223. The quantitative estimate of drug-likeness (QED) is 0.698. The average Bonchev–Trinajstić information content (AvgIpc) is 2.46. The van der Waals surface area contributed by atoms with Crippen LogP contribution in [0.3, 0.4) is 0 Å². The minimum Gasteiger partial charge on any atom is -0.393 e. The molecule has 1 saturated heterocycles. The Kier molecular flexibility index (Phi) is 4.50. The third kappa shape index (κ3) is 3.53. The summed E-state index contributed by atoms with van der Waals surface area (Å²) in [6, 6.07) is 3.34. The second-order valence-electron chi connectivity index (χ2n) is 4.42. The first-order valence-corrected chi connectivity index (χ1v) is 6.24. The Morgan fingerprint density at radius 2 is 2.16 bits per heavy atom. The van der Waals surface area contributed by atoms with Crippen LogP contribution in [-0.4, -0.2) is 51.8 Å². The molecule has 19 heavy (non-hydrogen) atoms. The summed E-state index contributed by atoms with van der Waals surface area (Å²) >= 11 is 0. The van der Waals surface area contributed by atoms with Crippen LogP contribution < -0.4 is 0 Å². The molecule has 1 fully saturated rings. The van der Waals surface area contributed by atoms with Crippen molar-refractivity contribution < 1.29 is 15.0 Å². The van der Waals surface area contributed by atoms with Crippen LogP contribution in [-0.2, 0) is 0 Å². The highest BCUT2D eigenvalue weighted by atomic mass is 16.3. The summed E-state index contributed by atoms with van der Waals surface area (Å²) in [6.45, 7) is 0.929. The average molecular weight is 260 g/mol. The van der Waals surface area contributed by atoms with Gasteiger partial charge in [0.05, 0.1) is 6.10 Å². The first-order valence-electron chi connectivity index (χ1n) is 6.24. The van der Waals surface area contributed by atoms with Gasteiger partial charge in [-0.05, 0) is 25.0 Å². The van der Waals surface area contributed by atoms with E-state index >= 15 is 0 Å². The molecular formula is C14H16N2O3. The number of aliphatic hydroxyl groups is 2. The summed E-state index contributed by atoms with van der Waals surface area (Å²) in [5.41, 5.74) is 1.05. The molecule has 5 nitrogen and oxygen atoms in total. The summed E-state index contributed by atoms with van der Waals surface area (Å²) in [5, 5.41) is 18.0. The number of hydrogen-bond acceptors (Lipinski definition) is 4. The number of nitrogens with zero attached hydrogens (tertiary/aromatic N) is 2. The number of piperidine rings is 1. The van der Waals surface area contributed by atoms with Crippen LogP contribution in [0.2, 0.25) is 0 Å². The Balaban J connectivity index is 2.03. The third-order valence-corrected chi connectivity index (χ3v) is 3.05. The molecule has 0 aliphatic carbocycles. The molecule has 1 amide bonds. The molecular weight excluding hydrogens is 244 g/mol. The van der Waals surface area contributed by atoms with Crippen LogP contribution in [0.5, 0.6) is 0 Å². The molecule has 1 aliphatic heterocycles. The first kappa shape index (κ1) is 13.5. The van der Waals surface area contributed by atoms with Gasteiger partial charge < -0.3 is 15.1 Å². The molecule has 0 radical (unpaired) electrons. The number of hydrogen-bond donors (Lipinski definition) is 2. The summed E-state index contributed by atoms with van der Waals surface area (Å²) in [4.78, 5) is 17.9. The number of likely N-dealkylation sites (tertiary alicyclic amines) is 1. The van der Waals surface area contributed by atoms with Crippen LogP contribution in [0.15, 0.2) is 18.3 Å². The van der Waals surface area contributed by atoms with Gasteiger partial charge in [-0.1, -0.05) is 11.8 Å². The monoisotopic (exact) mass is 260 g/mol. The van der Waals surface area contributed by atoms with Gasteiger partial charge >= 0.3 is 0 Å². The SMILES string of the molecule is O=C(c1ccc(C#CCO)cn1)N1CCC(O)CC1. The maximum atomic E-state index is 12.1. The first-order chi connectivity index (χ1) is 9.20. The molecule has 2 rings (SSSR count). The number of carbonyl (C=O) groups is 1. The van der Waals surface area contributed by atoms with Crippen molar-refractivity contribution in [2.75, 3.05) is 19.7 Å². The molecule has 0 spiro atoms. The van der Waals surface area contributed by atoms with Crippen LogP contribution >= 0.6 is 0 Å². The summed E-state index contributed by atoms with van der Waals surface area (Å²) < 4.78 is 0. The lowest BCUT2D eigenvalue weighted by molar-refractivity contribution is 0.0541. The molecule has 0 unspecified atom stereocenters. The van der Waals surface area contributed by atoms with E-state index in [0.717, 1.165) is 0 Å². The van der Waals surface area contributed by atoms with Crippen molar-refractivity contribution in [1.82, 2.24) is 9.88 Å². The van der Waals surface area contributed by atoms with E-state index in [9.17, 15) is 9.90 Å². The fourth-order valence-corrected chi connectivity index (χ4v) is 1.97. The van der Waals surface area contributed by atoms with Crippen LogP contribution in [0.4, 0.5) is 0 Å². The fourth-order valence-electron chi connectivity index (χ4n) is 1.97. The molecule has 1 aliphatic rings. The third-order valence-electron chi connectivity index (χ3n) is 3.05. The molecule has 1 aromatic heterocycles. The molecule has 5 heteroatoms. The molecule has 100 valence electrons. The highest BCUT2D eigenvalue weighted by Gasteiger charge is 2.22. The van der Waals surface area contributed by atoms with Crippen molar-refractivity contribution in [1.29, 1.82) is 0 Å². The Hall–Kier alpha value is -1.90. The number of carbonyl (C=O) groups excluding carboxylic acids is 1. The Morgan fingerprint density at radius 1 is 1.42 bits per heavy atom. The van der Waals surface area contributed by atoms with E-state index in [0.29, 0.717) is 37.2 Å². The zero-order valence-electron chi connectivity index (χ0n) is 10.5. The zero-order chi connectivity index (χ0) is 13.7. The van der Waals surface area contributed by atoms with Gasteiger partial charge in [0.2, 0.25) is 0 Å². The van der Waals surface area contributed by atoms with E-state index in [1.54, 1.807) is 17.0 Å². The van der Waals surface area contributed by atoms with Crippen molar-refractivity contribution in [3.8, 4) is 11.8 Å². The topological polar surface area (TPSA) is 73.7 Å². The standard InChI is InChI=1S/C14H16N2O3/c17-9-1-2-11-3-4-13(15-10-11)14(19)16-7-5-12(18)6-8-16/h3-4,10,12,17-18H,5-9H2. The minimum atomic E-state index is -0.298. The van der Waals surface area contributed by atoms with Crippen molar-refractivity contribution >= 4 is 5.91 Å². The van der Waals surface area contributed by atoms with Gasteiger partial charge in [-0.15, -0.1) is 0 Å². The normalized spacial score (nSPS) is 15.8. The maximum absolute atomic E-state index is 12.1. The predicted molar refractivity (Wildman–Crippen MR) is 69.3 cm³/mol. The summed E-state index contributed by atoms with van der Waals surface area (Å²) in [5.74, 6) is 5.13. The number of aliphatic hydroxyl groups excluding tert-OH is 2. The van der Waals surface area contributed by atoms with Crippen LogP contribution in [0.1, 0.15) is 28.9 Å². The van der Waals surface area contributed by atoms with E-state index in [2.05, 4.69) is 16.8 Å². The lowest BCUT2D eigenvalue weighted by Gasteiger charge is -2.29. The molecule has 0 aromatic carbocycles. The van der Waals surface area contributed by atoms with Gasteiger partial charge in [-0.3, -0.25) is 4.79 Å². The van der Waals surface area contributed by atoms with Gasteiger partial charge in [0.25, 0.3) is 5.91 Å². The molecule has 2 N–H and O–H groups in total. The molecule has 0 atom stereocenters. The van der Waals surface area contributed by atoms with Crippen molar-refractivity contribution in [3.63, 3.8) is 0 Å². The van der Waals surface area contributed by atoms with Gasteiger partial charge in [0, 0.05) is 24.8 Å². The highest BCUT2D eigenvalue weighted by molar-refractivity contribution is 5.92. The van der Waals surface area contributed by atoms with E-state index in [1.165, 1.54) is 6.20 Å². The fraction of sp³-hybridized carbons (Fsp3) is 0.429. The Morgan fingerprint density at radius 3 is 2.74 bits per heavy atom. The van der Waals surface area contributed by atoms with Crippen molar-refractivity contribution in [3.05, 3.63) is 29.6 Å². The van der Waals surface area contributed by atoms with Gasteiger partial charge in [-0.2, -0.15) is 0 Å². The highest BCUT2D eigenvalue weighted by Crippen LogP contribution is 2.12. The van der Waals surface area contributed by atoms with Gasteiger partial charge in [0.15, 0.2) is 0 Å². The van der Waals surface area contributed by atoms with Gasteiger partial charge in [0.1, 0.15) is 12.3 Å². The van der Waals surface area contributed by atoms with E-state index < -0.39 is 0 Å². The molecule has 2 heterocycles. The number of amides is 1. The smallest absolute Gasteiger partial charge is 0.272 e. The molecule has 0 saturated carbocycles. The largest absolute Gasteiger partial charge is 0.393 e. The number of aromatic nitrogens is 1. The van der Waals surface area contributed by atoms with E-state index in [-0.39, 0.29) is 18.6 Å². The Labute approximate surface area is 111 Å². The zero-order valence-corrected chi connectivity index (χ0v) is 10.5. The Bertz CT molecular complexity index is 494. The number of rotatable bonds is 1. The molecule has 0 bridgehead atoms. The van der Waals surface area contributed by atoms with Gasteiger partial charge in [-0.25, -0.2) is 4.98 Å².